The maximum absolute atomic E-state index is 12.6. The standard InChI is InChI=1S/C23H41NO11/c1-11(2)3-12-4-18(30)24(5-12)22-20(32)19(31)21(17(10-29)33-22)35-23-15(8-27)13(6-25)14(7-26)16(9-28)34-23/h11-17,19-23,25-29,31-32H,3-10H2,1-2H3/t12-,13?,14?,15?,16?,17?,19?,20?,21?,22?,23?/m0/s1. The van der Waals surface area contributed by atoms with E-state index in [0.717, 1.165) is 6.42 Å². The van der Waals surface area contributed by atoms with Crippen molar-refractivity contribution < 1.29 is 54.8 Å². The fourth-order valence-electron chi connectivity index (χ4n) is 5.75. The molecule has 3 fully saturated rings. The molecule has 35 heavy (non-hydrogen) atoms. The van der Waals surface area contributed by atoms with Gasteiger partial charge in [-0.15, -0.1) is 0 Å². The van der Waals surface area contributed by atoms with Crippen molar-refractivity contribution in [1.29, 1.82) is 0 Å². The summed E-state index contributed by atoms with van der Waals surface area (Å²) in [5.41, 5.74) is 0. The monoisotopic (exact) mass is 507 g/mol. The molecule has 0 bridgehead atoms. The highest BCUT2D eigenvalue weighted by Crippen LogP contribution is 2.38. The zero-order valence-corrected chi connectivity index (χ0v) is 20.3. The van der Waals surface area contributed by atoms with Crippen LogP contribution in [0.15, 0.2) is 0 Å². The molecule has 3 aliphatic rings. The first kappa shape index (κ1) is 28.6. The van der Waals surface area contributed by atoms with Gasteiger partial charge >= 0.3 is 0 Å². The van der Waals surface area contributed by atoms with Crippen LogP contribution in [0.3, 0.4) is 0 Å². The number of rotatable bonds is 10. The van der Waals surface area contributed by atoms with E-state index in [4.69, 9.17) is 14.2 Å². The van der Waals surface area contributed by atoms with Crippen molar-refractivity contribution in [3.8, 4) is 0 Å². The minimum Gasteiger partial charge on any atom is -0.396 e. The summed E-state index contributed by atoms with van der Waals surface area (Å²) in [6.07, 6.45) is -7.68. The van der Waals surface area contributed by atoms with Gasteiger partial charge in [0.15, 0.2) is 12.5 Å². The van der Waals surface area contributed by atoms with Crippen molar-refractivity contribution in [3.63, 3.8) is 0 Å². The molecule has 3 saturated heterocycles. The van der Waals surface area contributed by atoms with E-state index >= 15 is 0 Å². The lowest BCUT2D eigenvalue weighted by molar-refractivity contribution is -0.336. The summed E-state index contributed by atoms with van der Waals surface area (Å²) in [6, 6.07) is 0. The van der Waals surface area contributed by atoms with Gasteiger partial charge in [-0.3, -0.25) is 4.79 Å². The largest absolute Gasteiger partial charge is 0.396 e. The Hall–Kier alpha value is -0.930. The second-order valence-corrected chi connectivity index (χ2v) is 10.3. The number of hydrogen-bond acceptors (Lipinski definition) is 11. The van der Waals surface area contributed by atoms with Gasteiger partial charge in [-0.05, 0) is 24.2 Å². The number of carbonyl (C=O) groups is 1. The fraction of sp³-hybridized carbons (Fsp3) is 0.957. The Bertz CT molecular complexity index is 680. The van der Waals surface area contributed by atoms with Crippen LogP contribution in [0, 0.1) is 29.6 Å². The third-order valence-corrected chi connectivity index (χ3v) is 7.53. The van der Waals surface area contributed by atoms with Crippen LogP contribution in [0.2, 0.25) is 0 Å². The molecule has 3 heterocycles. The summed E-state index contributed by atoms with van der Waals surface area (Å²) >= 11 is 0. The third-order valence-electron chi connectivity index (χ3n) is 7.53. The number of hydrogen-bond donors (Lipinski definition) is 7. The fourth-order valence-corrected chi connectivity index (χ4v) is 5.75. The van der Waals surface area contributed by atoms with Crippen molar-refractivity contribution in [1.82, 2.24) is 4.90 Å². The third kappa shape index (κ3) is 5.98. The first-order chi connectivity index (χ1) is 16.7. The van der Waals surface area contributed by atoms with Crippen molar-refractivity contribution in [2.24, 2.45) is 29.6 Å². The van der Waals surface area contributed by atoms with E-state index in [9.17, 15) is 40.5 Å². The van der Waals surface area contributed by atoms with Crippen molar-refractivity contribution >= 4 is 5.91 Å². The van der Waals surface area contributed by atoms with E-state index in [0.29, 0.717) is 18.9 Å². The lowest BCUT2D eigenvalue weighted by Gasteiger charge is -2.49. The lowest BCUT2D eigenvalue weighted by atomic mass is 9.77. The maximum atomic E-state index is 12.6. The molecule has 12 heteroatoms. The van der Waals surface area contributed by atoms with Crippen LogP contribution < -0.4 is 0 Å². The first-order valence-corrected chi connectivity index (χ1v) is 12.4. The van der Waals surface area contributed by atoms with Gasteiger partial charge in [0.25, 0.3) is 0 Å². The molecule has 12 nitrogen and oxygen atoms in total. The Morgan fingerprint density at radius 1 is 0.886 bits per heavy atom. The Morgan fingerprint density at radius 2 is 1.51 bits per heavy atom. The summed E-state index contributed by atoms with van der Waals surface area (Å²) in [5.74, 6) is -1.86. The number of nitrogens with zero attached hydrogens (tertiary/aromatic N) is 1. The van der Waals surface area contributed by atoms with E-state index in [1.54, 1.807) is 0 Å². The van der Waals surface area contributed by atoms with Gasteiger partial charge in [0.2, 0.25) is 5.91 Å². The van der Waals surface area contributed by atoms with E-state index in [2.05, 4.69) is 13.8 Å². The second-order valence-electron chi connectivity index (χ2n) is 10.3. The Labute approximate surface area is 205 Å². The molecule has 11 atom stereocenters. The van der Waals surface area contributed by atoms with Crippen LogP contribution in [0.5, 0.6) is 0 Å². The highest BCUT2D eigenvalue weighted by molar-refractivity contribution is 5.79. The average molecular weight is 508 g/mol. The van der Waals surface area contributed by atoms with Crippen LogP contribution in [0.25, 0.3) is 0 Å². The van der Waals surface area contributed by atoms with Gasteiger partial charge in [-0.1, -0.05) is 13.8 Å². The molecule has 7 N–H and O–H groups in total. The lowest BCUT2D eigenvalue weighted by Crippen LogP contribution is -2.65. The van der Waals surface area contributed by atoms with Crippen LogP contribution in [-0.2, 0) is 19.0 Å². The number of aliphatic hydroxyl groups is 7. The quantitative estimate of drug-likeness (QED) is 0.162. The highest BCUT2D eigenvalue weighted by Gasteiger charge is 2.53. The second kappa shape index (κ2) is 12.5. The van der Waals surface area contributed by atoms with E-state index in [-0.39, 0.29) is 11.8 Å². The molecule has 1 amide bonds. The summed E-state index contributed by atoms with van der Waals surface area (Å²) in [4.78, 5) is 14.0. The van der Waals surface area contributed by atoms with Gasteiger partial charge in [0, 0.05) is 38.0 Å². The first-order valence-electron chi connectivity index (χ1n) is 12.4. The molecular weight excluding hydrogens is 466 g/mol. The van der Waals surface area contributed by atoms with Gasteiger partial charge in [0.05, 0.1) is 25.9 Å². The van der Waals surface area contributed by atoms with Crippen molar-refractivity contribution in [2.75, 3.05) is 39.6 Å². The van der Waals surface area contributed by atoms with Crippen molar-refractivity contribution in [2.45, 2.75) is 69.7 Å². The van der Waals surface area contributed by atoms with Gasteiger partial charge in [0.1, 0.15) is 24.4 Å². The number of carbonyl (C=O) groups excluding carboxylic acids is 1. The normalized spacial score (nSPS) is 42.7. The van der Waals surface area contributed by atoms with Crippen LogP contribution >= 0.6 is 0 Å². The zero-order valence-electron chi connectivity index (χ0n) is 20.3. The van der Waals surface area contributed by atoms with E-state index < -0.39 is 93.8 Å². The summed E-state index contributed by atoms with van der Waals surface area (Å²) in [7, 11) is 0. The molecule has 0 saturated carbocycles. The number of likely N-dealkylation sites (tertiary alicyclic amines) is 1. The maximum Gasteiger partial charge on any atom is 0.225 e. The molecule has 0 aromatic carbocycles. The molecule has 0 spiro atoms. The minimum absolute atomic E-state index is 0.100. The van der Waals surface area contributed by atoms with Crippen LogP contribution in [0.1, 0.15) is 26.7 Å². The predicted octanol–water partition coefficient (Wildman–Crippen LogP) is -2.75. The SMILES string of the molecule is CC(C)C[C@H]1CC(=O)N(C2OC(CO)C(OC3OC(CO)C(CO)C(CO)C3CO)C(O)C2O)C1. The molecule has 0 aliphatic carbocycles. The summed E-state index contributed by atoms with van der Waals surface area (Å²) < 4.78 is 17.5. The Balaban J connectivity index is 1.76. The van der Waals surface area contributed by atoms with Gasteiger partial charge in [-0.2, -0.15) is 0 Å². The van der Waals surface area contributed by atoms with Crippen LogP contribution in [0.4, 0.5) is 0 Å². The summed E-state index contributed by atoms with van der Waals surface area (Å²) in [6.45, 7) is 2.13. The highest BCUT2D eigenvalue weighted by atomic mass is 16.7. The molecule has 0 aromatic rings. The Morgan fingerprint density at radius 3 is 2.06 bits per heavy atom. The smallest absolute Gasteiger partial charge is 0.225 e. The molecule has 0 aromatic heterocycles. The van der Waals surface area contributed by atoms with E-state index in [1.807, 2.05) is 0 Å². The molecule has 3 rings (SSSR count). The topological polar surface area (TPSA) is 190 Å². The molecule has 204 valence electrons. The summed E-state index contributed by atoms with van der Waals surface area (Å²) in [5, 5.41) is 71.0. The minimum atomic E-state index is -1.57. The predicted molar refractivity (Wildman–Crippen MR) is 119 cm³/mol. The zero-order chi connectivity index (χ0) is 25.9. The number of aliphatic hydroxyl groups excluding tert-OH is 7. The van der Waals surface area contributed by atoms with Gasteiger partial charge < -0.3 is 54.9 Å². The number of ether oxygens (including phenoxy) is 3. The van der Waals surface area contributed by atoms with Crippen LogP contribution in [-0.4, -0.2) is 129 Å². The van der Waals surface area contributed by atoms with Gasteiger partial charge in [-0.25, -0.2) is 0 Å². The molecule has 10 unspecified atom stereocenters. The molecule has 3 aliphatic heterocycles. The van der Waals surface area contributed by atoms with E-state index in [1.165, 1.54) is 4.90 Å². The molecule has 0 radical (unpaired) electrons. The number of amides is 1. The molecular formula is C23H41NO11. The average Bonchev–Trinajstić information content (AvgIpc) is 3.19. The Kier molecular flexibility index (Phi) is 10.3. The van der Waals surface area contributed by atoms with Crippen molar-refractivity contribution in [3.05, 3.63) is 0 Å².